The van der Waals surface area contributed by atoms with Gasteiger partial charge in [-0.25, -0.2) is 4.98 Å². The molecule has 0 aliphatic heterocycles. The second-order valence-electron chi connectivity index (χ2n) is 3.18. The van der Waals surface area contributed by atoms with E-state index >= 15 is 0 Å². The van der Waals surface area contributed by atoms with E-state index in [-0.39, 0.29) is 11.3 Å². The number of fused-ring (bicyclic) bond motifs is 1. The largest absolute Gasteiger partial charge is 0.323 e. The Morgan fingerprint density at radius 3 is 2.53 bits per heavy atom. The zero-order chi connectivity index (χ0) is 12.4. The first-order chi connectivity index (χ1) is 8.19. The van der Waals surface area contributed by atoms with Crippen LogP contribution in [0.2, 0.25) is 0 Å². The molecular formula is C11H4N4O2. The second kappa shape index (κ2) is 3.87. The zero-order valence-electron chi connectivity index (χ0n) is 8.41. The fourth-order valence-electron chi connectivity index (χ4n) is 1.57. The lowest BCUT2D eigenvalue weighted by atomic mass is 10.1. The van der Waals surface area contributed by atoms with Crippen LogP contribution in [0.15, 0.2) is 24.3 Å². The fraction of sp³-hybridized carbons (Fsp3) is 0. The molecular weight excluding hydrogens is 220 g/mol. The van der Waals surface area contributed by atoms with Crippen molar-refractivity contribution in [2.24, 2.45) is 0 Å². The molecule has 0 N–H and O–H groups in total. The summed E-state index contributed by atoms with van der Waals surface area (Å²) < 4.78 is 0. The highest BCUT2D eigenvalue weighted by Gasteiger charge is 2.24. The van der Waals surface area contributed by atoms with E-state index in [1.165, 1.54) is 0 Å². The summed E-state index contributed by atoms with van der Waals surface area (Å²) in [5.41, 5.74) is -0.609. The minimum atomic E-state index is -0.753. The average molecular weight is 224 g/mol. The second-order valence-corrected chi connectivity index (χ2v) is 3.18. The van der Waals surface area contributed by atoms with E-state index in [0.29, 0.717) is 10.9 Å². The molecule has 6 heteroatoms. The lowest BCUT2D eigenvalue weighted by Crippen LogP contribution is -2.00. The van der Waals surface area contributed by atoms with Gasteiger partial charge in [0.15, 0.2) is 0 Å². The van der Waals surface area contributed by atoms with Gasteiger partial charge in [0.25, 0.3) is 0 Å². The maximum atomic E-state index is 10.9. The Morgan fingerprint density at radius 2 is 1.94 bits per heavy atom. The number of nitriles is 2. The number of nitrogens with zero attached hydrogens (tertiary/aromatic N) is 4. The van der Waals surface area contributed by atoms with Crippen LogP contribution in [0, 0.1) is 32.8 Å². The van der Waals surface area contributed by atoms with Gasteiger partial charge in [-0.15, -0.1) is 0 Å². The summed E-state index contributed by atoms with van der Waals surface area (Å²) in [6.45, 7) is 0. The average Bonchev–Trinajstić information content (AvgIpc) is 2.35. The van der Waals surface area contributed by atoms with Gasteiger partial charge >= 0.3 is 5.69 Å². The number of hydrogen-bond donors (Lipinski definition) is 0. The van der Waals surface area contributed by atoms with Gasteiger partial charge in [0.05, 0.1) is 10.4 Å². The Morgan fingerprint density at radius 1 is 1.24 bits per heavy atom. The first-order valence-corrected chi connectivity index (χ1v) is 4.56. The molecule has 0 bridgehead atoms. The van der Waals surface area contributed by atoms with Crippen molar-refractivity contribution < 1.29 is 4.92 Å². The van der Waals surface area contributed by atoms with Crippen LogP contribution in [-0.2, 0) is 0 Å². The number of hydrogen-bond acceptors (Lipinski definition) is 5. The van der Waals surface area contributed by atoms with Crippen LogP contribution < -0.4 is 0 Å². The standard InChI is InChI=1S/C11H4N4O2/c12-5-8-7-3-1-2-4-9(7)14-10(6-13)11(8)15(16)17/h1-4H. The number of rotatable bonds is 1. The SMILES string of the molecule is N#Cc1nc2ccccc2c(C#N)c1[N+](=O)[O-]. The van der Waals surface area contributed by atoms with Gasteiger partial charge in [0.1, 0.15) is 17.7 Å². The molecule has 2 aromatic rings. The van der Waals surface area contributed by atoms with Gasteiger partial charge < -0.3 is 0 Å². The van der Waals surface area contributed by atoms with Crippen LogP contribution in [0.3, 0.4) is 0 Å². The first-order valence-electron chi connectivity index (χ1n) is 4.56. The van der Waals surface area contributed by atoms with Crippen molar-refractivity contribution in [3.8, 4) is 12.1 Å². The maximum Gasteiger partial charge on any atom is 0.323 e. The monoisotopic (exact) mass is 224 g/mol. The van der Waals surface area contributed by atoms with Crippen molar-refractivity contribution in [2.45, 2.75) is 0 Å². The quantitative estimate of drug-likeness (QED) is 0.543. The van der Waals surface area contributed by atoms with Crippen molar-refractivity contribution in [1.82, 2.24) is 4.98 Å². The molecule has 0 saturated heterocycles. The normalized spacial score (nSPS) is 9.53. The Hall–Kier alpha value is -2.99. The molecule has 0 spiro atoms. The zero-order valence-corrected chi connectivity index (χ0v) is 8.41. The molecule has 0 fully saturated rings. The number of para-hydroxylation sites is 1. The molecule has 0 unspecified atom stereocenters. The highest BCUT2D eigenvalue weighted by molar-refractivity contribution is 5.89. The summed E-state index contributed by atoms with van der Waals surface area (Å²) in [6.07, 6.45) is 0. The van der Waals surface area contributed by atoms with Gasteiger partial charge in [-0.2, -0.15) is 10.5 Å². The van der Waals surface area contributed by atoms with Crippen LogP contribution in [0.5, 0.6) is 0 Å². The summed E-state index contributed by atoms with van der Waals surface area (Å²) in [7, 11) is 0. The van der Waals surface area contributed by atoms with Gasteiger partial charge in [0, 0.05) is 5.39 Å². The van der Waals surface area contributed by atoms with Crippen LogP contribution >= 0.6 is 0 Å². The first kappa shape index (κ1) is 10.5. The van der Waals surface area contributed by atoms with Crippen LogP contribution in [0.25, 0.3) is 10.9 Å². The smallest absolute Gasteiger partial charge is 0.258 e. The Labute approximate surface area is 95.5 Å². The summed E-state index contributed by atoms with van der Waals surface area (Å²) in [6, 6.07) is 9.90. The molecule has 1 aromatic heterocycles. The molecule has 0 atom stereocenters. The summed E-state index contributed by atoms with van der Waals surface area (Å²) in [5.74, 6) is 0. The van der Waals surface area contributed by atoms with Crippen LogP contribution in [0.4, 0.5) is 5.69 Å². The van der Waals surface area contributed by atoms with Gasteiger partial charge in [0.2, 0.25) is 5.69 Å². The minimum absolute atomic E-state index is 0.128. The van der Waals surface area contributed by atoms with Crippen molar-refractivity contribution in [3.05, 3.63) is 45.6 Å². The third-order valence-electron chi connectivity index (χ3n) is 2.27. The Kier molecular flexibility index (Phi) is 2.40. The third kappa shape index (κ3) is 1.54. The summed E-state index contributed by atoms with van der Waals surface area (Å²) in [4.78, 5) is 14.0. The Balaban J connectivity index is 3.03. The highest BCUT2D eigenvalue weighted by Crippen LogP contribution is 2.28. The maximum absolute atomic E-state index is 10.9. The minimum Gasteiger partial charge on any atom is -0.258 e. The van der Waals surface area contributed by atoms with E-state index in [1.807, 2.05) is 0 Å². The number of aromatic nitrogens is 1. The van der Waals surface area contributed by atoms with Gasteiger partial charge in [-0.05, 0) is 6.07 Å². The van der Waals surface area contributed by atoms with Gasteiger partial charge in [-0.1, -0.05) is 18.2 Å². The lowest BCUT2D eigenvalue weighted by Gasteiger charge is -2.01. The van der Waals surface area contributed by atoms with Crippen LogP contribution in [0.1, 0.15) is 11.3 Å². The molecule has 0 radical (unpaired) electrons. The topological polar surface area (TPSA) is 104 Å². The predicted octanol–water partition coefficient (Wildman–Crippen LogP) is 1.89. The lowest BCUT2D eigenvalue weighted by molar-refractivity contribution is -0.385. The van der Waals surface area contributed by atoms with Crippen molar-refractivity contribution in [1.29, 1.82) is 10.5 Å². The van der Waals surface area contributed by atoms with E-state index < -0.39 is 10.6 Å². The van der Waals surface area contributed by atoms with Gasteiger partial charge in [-0.3, -0.25) is 10.1 Å². The van der Waals surface area contributed by atoms with Crippen LogP contribution in [-0.4, -0.2) is 9.91 Å². The highest BCUT2D eigenvalue weighted by atomic mass is 16.6. The van der Waals surface area contributed by atoms with Crippen molar-refractivity contribution >= 4 is 16.6 Å². The van der Waals surface area contributed by atoms with E-state index in [2.05, 4.69) is 4.98 Å². The number of benzene rings is 1. The van der Waals surface area contributed by atoms with E-state index in [9.17, 15) is 10.1 Å². The molecule has 80 valence electrons. The molecule has 6 nitrogen and oxygen atoms in total. The third-order valence-corrected chi connectivity index (χ3v) is 2.27. The molecule has 0 aliphatic rings. The molecule has 0 amide bonds. The Bertz CT molecular complexity index is 710. The molecule has 0 aliphatic carbocycles. The van der Waals surface area contributed by atoms with Crippen molar-refractivity contribution in [2.75, 3.05) is 0 Å². The molecule has 17 heavy (non-hydrogen) atoms. The predicted molar refractivity (Wildman–Crippen MR) is 57.8 cm³/mol. The van der Waals surface area contributed by atoms with E-state index in [0.717, 1.165) is 0 Å². The van der Waals surface area contributed by atoms with Crippen molar-refractivity contribution in [3.63, 3.8) is 0 Å². The summed E-state index contributed by atoms with van der Waals surface area (Å²) in [5, 5.41) is 29.1. The fourth-order valence-corrected chi connectivity index (χ4v) is 1.57. The molecule has 2 rings (SSSR count). The number of pyridine rings is 1. The summed E-state index contributed by atoms with van der Waals surface area (Å²) >= 11 is 0. The van der Waals surface area contributed by atoms with E-state index in [1.54, 1.807) is 36.4 Å². The molecule has 1 aromatic carbocycles. The van der Waals surface area contributed by atoms with E-state index in [4.69, 9.17) is 10.5 Å². The molecule has 0 saturated carbocycles. The number of nitro groups is 1. The molecule has 1 heterocycles.